The first kappa shape index (κ1) is 17.1. The number of nitrogens with zero attached hydrogens (tertiary/aromatic N) is 5. The van der Waals surface area contributed by atoms with Gasteiger partial charge in [-0.1, -0.05) is 6.07 Å². The summed E-state index contributed by atoms with van der Waals surface area (Å²) < 4.78 is 24.5. The number of piperidine rings is 1. The van der Waals surface area contributed by atoms with Crippen molar-refractivity contribution in [2.24, 2.45) is 5.41 Å². The third kappa shape index (κ3) is 2.98. The Morgan fingerprint density at radius 1 is 1.21 bits per heavy atom. The van der Waals surface area contributed by atoms with E-state index in [9.17, 15) is 4.39 Å². The minimum absolute atomic E-state index is 0.209. The van der Waals surface area contributed by atoms with Crippen LogP contribution in [0.3, 0.4) is 0 Å². The van der Waals surface area contributed by atoms with Crippen molar-refractivity contribution in [3.05, 3.63) is 48.2 Å². The molecule has 3 heterocycles. The molecule has 7 nitrogen and oxygen atoms in total. The maximum absolute atomic E-state index is 13.4. The Bertz CT molecular complexity index is 1000. The molecule has 1 spiro atoms. The largest absolute Gasteiger partial charge is 0.481 e. The van der Waals surface area contributed by atoms with Gasteiger partial charge in [-0.25, -0.2) is 9.37 Å². The van der Waals surface area contributed by atoms with Gasteiger partial charge in [-0.2, -0.15) is 4.98 Å². The summed E-state index contributed by atoms with van der Waals surface area (Å²) in [6.45, 7) is 1.77. The fraction of sp³-hybridized carbons (Fsp3) is 0.400. The Morgan fingerprint density at radius 2 is 2.07 bits per heavy atom. The fourth-order valence-electron chi connectivity index (χ4n) is 4.11. The van der Waals surface area contributed by atoms with Crippen LogP contribution in [0.15, 0.2) is 40.9 Å². The lowest BCUT2D eigenvalue weighted by molar-refractivity contribution is 0.349. The molecule has 0 unspecified atom stereocenters. The van der Waals surface area contributed by atoms with E-state index in [-0.39, 0.29) is 17.2 Å². The van der Waals surface area contributed by atoms with Crippen molar-refractivity contribution >= 4 is 5.95 Å². The predicted octanol–water partition coefficient (Wildman–Crippen LogP) is 3.45. The number of methoxy groups -OCH3 is 1. The van der Waals surface area contributed by atoms with Crippen molar-refractivity contribution < 1.29 is 13.5 Å². The highest BCUT2D eigenvalue weighted by molar-refractivity contribution is 5.52. The molecule has 144 valence electrons. The maximum Gasteiger partial charge on any atom is 0.247 e. The quantitative estimate of drug-likeness (QED) is 0.685. The summed E-state index contributed by atoms with van der Waals surface area (Å²) in [6, 6.07) is 7.97. The number of ether oxygens (including phenoxy) is 1. The highest BCUT2D eigenvalue weighted by atomic mass is 19.1. The highest BCUT2D eigenvalue weighted by Crippen LogP contribution is 2.64. The number of aromatic nitrogens is 4. The Hall–Kier alpha value is -3.03. The van der Waals surface area contributed by atoms with Gasteiger partial charge >= 0.3 is 0 Å². The molecule has 2 aliphatic rings. The number of hydrogen-bond donors (Lipinski definition) is 0. The summed E-state index contributed by atoms with van der Waals surface area (Å²) >= 11 is 0. The van der Waals surface area contributed by atoms with Crippen molar-refractivity contribution in [3.63, 3.8) is 0 Å². The molecule has 28 heavy (non-hydrogen) atoms. The van der Waals surface area contributed by atoms with Crippen LogP contribution in [0.2, 0.25) is 0 Å². The van der Waals surface area contributed by atoms with Crippen LogP contribution in [0.25, 0.3) is 11.5 Å². The molecule has 1 aliphatic carbocycles. The second kappa shape index (κ2) is 6.54. The smallest absolute Gasteiger partial charge is 0.247 e. The van der Waals surface area contributed by atoms with Crippen LogP contribution < -0.4 is 9.64 Å². The standard InChI is InChI=1S/C20H20FN5O2/c1-27-16-5-8-22-19(23-16)26-9-6-20(7-10-26)12-15(20)18-25-24-17(28-18)13-3-2-4-14(21)11-13/h2-5,8,11,15H,6-7,9-10,12H2,1H3/t15-/m0/s1. The predicted molar refractivity (Wildman–Crippen MR) is 99.5 cm³/mol. The molecule has 1 aliphatic heterocycles. The fourth-order valence-corrected chi connectivity index (χ4v) is 4.11. The second-order valence-corrected chi connectivity index (χ2v) is 7.46. The zero-order chi connectivity index (χ0) is 19.1. The number of benzene rings is 1. The number of rotatable bonds is 4. The molecule has 8 heteroatoms. The molecule has 1 saturated heterocycles. The number of halogens is 1. The van der Waals surface area contributed by atoms with E-state index in [2.05, 4.69) is 25.1 Å². The van der Waals surface area contributed by atoms with Gasteiger partial charge in [0.05, 0.1) is 7.11 Å². The second-order valence-electron chi connectivity index (χ2n) is 7.46. The molecule has 1 aromatic carbocycles. The third-order valence-corrected chi connectivity index (χ3v) is 5.87. The van der Waals surface area contributed by atoms with Crippen LogP contribution in [0, 0.1) is 11.2 Å². The van der Waals surface area contributed by atoms with E-state index in [1.54, 1.807) is 31.5 Å². The lowest BCUT2D eigenvalue weighted by Gasteiger charge is -2.32. The molecule has 2 fully saturated rings. The summed E-state index contributed by atoms with van der Waals surface area (Å²) in [6.07, 6.45) is 4.81. The molecule has 0 radical (unpaired) electrons. The van der Waals surface area contributed by atoms with Gasteiger partial charge < -0.3 is 14.1 Å². The van der Waals surface area contributed by atoms with Crippen molar-refractivity contribution in [2.75, 3.05) is 25.1 Å². The topological polar surface area (TPSA) is 77.2 Å². The first-order valence-electron chi connectivity index (χ1n) is 9.38. The van der Waals surface area contributed by atoms with Crippen molar-refractivity contribution in [1.29, 1.82) is 0 Å². The average Bonchev–Trinajstić information content (AvgIpc) is 3.20. The highest BCUT2D eigenvalue weighted by Gasteiger charge is 2.58. The molecule has 3 aromatic rings. The molecule has 1 saturated carbocycles. The van der Waals surface area contributed by atoms with Gasteiger partial charge in [-0.05, 0) is 42.9 Å². The van der Waals surface area contributed by atoms with E-state index in [1.807, 2.05) is 0 Å². The number of anilines is 1. The summed E-state index contributed by atoms with van der Waals surface area (Å²) in [7, 11) is 1.61. The van der Waals surface area contributed by atoms with Gasteiger partial charge in [-0.3, -0.25) is 0 Å². The van der Waals surface area contributed by atoms with Gasteiger partial charge in [0.15, 0.2) is 0 Å². The molecule has 2 aromatic heterocycles. The molecular weight excluding hydrogens is 361 g/mol. The van der Waals surface area contributed by atoms with E-state index < -0.39 is 0 Å². The van der Waals surface area contributed by atoms with Crippen LogP contribution in [-0.4, -0.2) is 40.4 Å². The molecule has 0 N–H and O–H groups in total. The monoisotopic (exact) mass is 381 g/mol. The van der Waals surface area contributed by atoms with E-state index >= 15 is 0 Å². The molecule has 0 amide bonds. The van der Waals surface area contributed by atoms with Crippen molar-refractivity contribution in [2.45, 2.75) is 25.2 Å². The Kier molecular flexibility index (Phi) is 3.99. The zero-order valence-corrected chi connectivity index (χ0v) is 15.5. The van der Waals surface area contributed by atoms with E-state index in [1.165, 1.54) is 12.1 Å². The third-order valence-electron chi connectivity index (χ3n) is 5.87. The lowest BCUT2D eigenvalue weighted by atomic mass is 9.91. The SMILES string of the molecule is COc1ccnc(N2CCC3(CC2)C[C@H]3c2nnc(-c3cccc(F)c3)o2)n1. The maximum atomic E-state index is 13.4. The Balaban J connectivity index is 1.26. The zero-order valence-electron chi connectivity index (χ0n) is 15.5. The van der Waals surface area contributed by atoms with E-state index in [0.717, 1.165) is 32.4 Å². The Morgan fingerprint density at radius 3 is 2.86 bits per heavy atom. The van der Waals surface area contributed by atoms with Gasteiger partial charge in [0.2, 0.25) is 23.6 Å². The normalized spacial score (nSPS) is 20.4. The van der Waals surface area contributed by atoms with Crippen molar-refractivity contribution in [3.8, 4) is 17.3 Å². The summed E-state index contributed by atoms with van der Waals surface area (Å²) in [5.74, 6) is 2.27. The average molecular weight is 381 g/mol. The minimum Gasteiger partial charge on any atom is -0.481 e. The van der Waals surface area contributed by atoms with Crippen LogP contribution in [-0.2, 0) is 0 Å². The van der Waals surface area contributed by atoms with Gasteiger partial charge in [0, 0.05) is 36.8 Å². The molecule has 5 rings (SSSR count). The van der Waals surface area contributed by atoms with Gasteiger partial charge in [0.1, 0.15) is 5.82 Å². The number of hydrogen-bond acceptors (Lipinski definition) is 7. The van der Waals surface area contributed by atoms with E-state index in [0.29, 0.717) is 29.2 Å². The lowest BCUT2D eigenvalue weighted by Crippen LogP contribution is -2.36. The summed E-state index contributed by atoms with van der Waals surface area (Å²) in [5.41, 5.74) is 0.819. The van der Waals surface area contributed by atoms with Gasteiger partial charge in [0.25, 0.3) is 0 Å². The van der Waals surface area contributed by atoms with Crippen LogP contribution >= 0.6 is 0 Å². The van der Waals surface area contributed by atoms with Crippen LogP contribution in [0.5, 0.6) is 5.88 Å². The first-order valence-corrected chi connectivity index (χ1v) is 9.38. The van der Waals surface area contributed by atoms with Gasteiger partial charge in [-0.15, -0.1) is 10.2 Å². The van der Waals surface area contributed by atoms with Crippen LogP contribution in [0.1, 0.15) is 31.1 Å². The molecular formula is C20H20FN5O2. The molecule has 1 atom stereocenters. The van der Waals surface area contributed by atoms with E-state index in [4.69, 9.17) is 9.15 Å². The Labute approximate surface area is 161 Å². The van der Waals surface area contributed by atoms with Crippen molar-refractivity contribution in [1.82, 2.24) is 20.2 Å². The van der Waals surface area contributed by atoms with Crippen LogP contribution in [0.4, 0.5) is 10.3 Å². The summed E-state index contributed by atoms with van der Waals surface area (Å²) in [5, 5.41) is 8.36. The first-order chi connectivity index (χ1) is 13.7. The molecule has 0 bridgehead atoms. The summed E-state index contributed by atoms with van der Waals surface area (Å²) in [4.78, 5) is 11.0. The minimum atomic E-state index is -0.313.